The van der Waals surface area contributed by atoms with Crippen LogP contribution in [0.3, 0.4) is 0 Å². The Morgan fingerprint density at radius 1 is 1.05 bits per heavy atom. The van der Waals surface area contributed by atoms with Gasteiger partial charge in [0.2, 0.25) is 0 Å². The van der Waals surface area contributed by atoms with E-state index in [9.17, 15) is 4.39 Å². The number of hydrogen-bond donors (Lipinski definition) is 1. The van der Waals surface area contributed by atoms with Crippen molar-refractivity contribution < 1.29 is 13.9 Å². The van der Waals surface area contributed by atoms with E-state index < -0.39 is 0 Å². The third kappa shape index (κ3) is 4.87. The zero-order valence-electron chi connectivity index (χ0n) is 21.3. The molecule has 1 aliphatic rings. The van der Waals surface area contributed by atoms with Gasteiger partial charge in [-0.2, -0.15) is 0 Å². The largest absolute Gasteiger partial charge is 0.490 e. The number of pyridine rings is 1. The lowest BCUT2D eigenvalue weighted by molar-refractivity contribution is 0.146. The summed E-state index contributed by atoms with van der Waals surface area (Å²) in [6.45, 7) is 4.84. The number of aryl methyl sites for hydroxylation is 1. The molecule has 0 bridgehead atoms. The second-order valence-corrected chi connectivity index (χ2v) is 9.86. The molecule has 4 aromatic rings. The molecule has 0 amide bonds. The summed E-state index contributed by atoms with van der Waals surface area (Å²) in [4.78, 5) is 6.68. The van der Waals surface area contributed by atoms with E-state index in [2.05, 4.69) is 16.4 Å². The minimum absolute atomic E-state index is 0.241. The van der Waals surface area contributed by atoms with Gasteiger partial charge in [-0.3, -0.25) is 4.98 Å². The highest BCUT2D eigenvalue weighted by atomic mass is 35.5. The molecule has 1 saturated heterocycles. The number of aromatic nitrogens is 2. The van der Waals surface area contributed by atoms with Gasteiger partial charge >= 0.3 is 0 Å². The van der Waals surface area contributed by atoms with Crippen LogP contribution in [0.5, 0.6) is 5.75 Å². The monoisotopic (exact) mass is 550 g/mol. The SMILES string of the molecule is COCCOc1ccc(N2C(=S)N[C@@H](c3ccccn3)[C@H]2c2cc(C)n(-c3ccccc3F)c2C)cc1Cl. The molecule has 1 fully saturated rings. The van der Waals surface area contributed by atoms with E-state index in [1.54, 1.807) is 25.4 Å². The Kier molecular flexibility index (Phi) is 7.65. The number of thiocarbonyl (C=S) groups is 1. The third-order valence-corrected chi connectivity index (χ3v) is 7.33. The molecule has 1 N–H and O–H groups in total. The van der Waals surface area contributed by atoms with Crippen LogP contribution in [0.1, 0.15) is 34.7 Å². The van der Waals surface area contributed by atoms with Crippen LogP contribution in [0, 0.1) is 19.7 Å². The van der Waals surface area contributed by atoms with Gasteiger partial charge in [-0.05, 0) is 80.2 Å². The second kappa shape index (κ2) is 11.1. The van der Waals surface area contributed by atoms with Crippen molar-refractivity contribution in [1.82, 2.24) is 14.9 Å². The van der Waals surface area contributed by atoms with Gasteiger partial charge in [-0.15, -0.1) is 0 Å². The quantitative estimate of drug-likeness (QED) is 0.200. The molecule has 9 heteroatoms. The second-order valence-electron chi connectivity index (χ2n) is 9.07. The number of methoxy groups -OCH3 is 1. The average molecular weight is 551 g/mol. The number of halogens is 2. The number of nitrogens with one attached hydrogen (secondary N) is 1. The minimum atomic E-state index is -0.283. The molecule has 1 aliphatic heterocycles. The summed E-state index contributed by atoms with van der Waals surface area (Å²) in [7, 11) is 1.62. The minimum Gasteiger partial charge on any atom is -0.490 e. The van der Waals surface area contributed by atoms with Gasteiger partial charge in [-0.25, -0.2) is 4.39 Å². The first-order chi connectivity index (χ1) is 18.4. The molecule has 0 aliphatic carbocycles. The van der Waals surface area contributed by atoms with Crippen molar-refractivity contribution in [1.29, 1.82) is 0 Å². The average Bonchev–Trinajstić information content (AvgIpc) is 3.41. The maximum atomic E-state index is 14.9. The van der Waals surface area contributed by atoms with Crippen molar-refractivity contribution in [3.8, 4) is 11.4 Å². The lowest BCUT2D eigenvalue weighted by Gasteiger charge is -2.28. The Balaban J connectivity index is 1.61. The summed E-state index contributed by atoms with van der Waals surface area (Å²) < 4.78 is 27.6. The number of hydrogen-bond acceptors (Lipinski definition) is 4. The number of rotatable bonds is 8. The molecule has 6 nitrogen and oxygen atoms in total. The van der Waals surface area contributed by atoms with E-state index in [0.29, 0.717) is 34.8 Å². The van der Waals surface area contributed by atoms with Crippen LogP contribution in [0.2, 0.25) is 5.02 Å². The van der Waals surface area contributed by atoms with Crippen LogP contribution >= 0.6 is 23.8 Å². The summed E-state index contributed by atoms with van der Waals surface area (Å²) >= 11 is 12.5. The summed E-state index contributed by atoms with van der Waals surface area (Å²) in [6.07, 6.45) is 1.77. The van der Waals surface area contributed by atoms with Gasteiger partial charge in [-0.1, -0.05) is 29.8 Å². The lowest BCUT2D eigenvalue weighted by Crippen LogP contribution is -2.29. The molecular formula is C29H28ClFN4O2S. The Labute approximate surface area is 232 Å². The van der Waals surface area contributed by atoms with Gasteiger partial charge < -0.3 is 24.3 Å². The summed E-state index contributed by atoms with van der Waals surface area (Å²) in [5.41, 5.74) is 5.00. The van der Waals surface area contributed by atoms with Gasteiger partial charge in [0.1, 0.15) is 18.2 Å². The van der Waals surface area contributed by atoms with Crippen molar-refractivity contribution >= 4 is 34.6 Å². The van der Waals surface area contributed by atoms with Crippen molar-refractivity contribution in [3.05, 3.63) is 106 Å². The number of anilines is 1. The molecule has 0 radical (unpaired) electrons. The summed E-state index contributed by atoms with van der Waals surface area (Å²) in [6, 6.07) is 19.8. The molecule has 0 unspecified atom stereocenters. The normalized spacial score (nSPS) is 17.1. The number of benzene rings is 2. The highest BCUT2D eigenvalue weighted by Gasteiger charge is 2.42. The van der Waals surface area contributed by atoms with Gasteiger partial charge in [0.05, 0.1) is 35.1 Å². The van der Waals surface area contributed by atoms with E-state index in [1.165, 1.54) is 6.07 Å². The fourth-order valence-corrected chi connectivity index (χ4v) is 5.61. The van der Waals surface area contributed by atoms with E-state index in [-0.39, 0.29) is 17.9 Å². The molecule has 2 aromatic carbocycles. The lowest BCUT2D eigenvalue weighted by atomic mass is 9.96. The molecule has 0 saturated carbocycles. The van der Waals surface area contributed by atoms with Gasteiger partial charge in [0, 0.05) is 30.4 Å². The van der Waals surface area contributed by atoms with E-state index in [1.807, 2.05) is 65.8 Å². The summed E-state index contributed by atoms with van der Waals surface area (Å²) in [5.74, 6) is 0.288. The van der Waals surface area contributed by atoms with Crippen LogP contribution in [-0.4, -0.2) is 35.0 Å². The van der Waals surface area contributed by atoms with Gasteiger partial charge in [0.15, 0.2) is 5.11 Å². The standard InChI is InChI=1S/C29H28ClFN4O2S/c1-18-16-21(19(2)34(18)25-10-5-4-8-23(25)31)28-27(24-9-6-7-13-32-24)33-29(38)35(28)20-11-12-26(22(30)17-20)37-15-14-36-3/h4-13,16-17,27-28H,14-15H2,1-3H3,(H,33,38)/t27-,28+/m0/s1. The maximum Gasteiger partial charge on any atom is 0.174 e. The fraction of sp³-hybridized carbons (Fsp3) is 0.241. The Morgan fingerprint density at radius 2 is 1.84 bits per heavy atom. The fourth-order valence-electron chi connectivity index (χ4n) is 5.03. The predicted octanol–water partition coefficient (Wildman–Crippen LogP) is 6.48. The smallest absolute Gasteiger partial charge is 0.174 e. The molecule has 5 rings (SSSR count). The first-order valence-electron chi connectivity index (χ1n) is 12.3. The van der Waals surface area contributed by atoms with Crippen molar-refractivity contribution in [3.63, 3.8) is 0 Å². The predicted molar refractivity (Wildman–Crippen MR) is 152 cm³/mol. The zero-order chi connectivity index (χ0) is 26.8. The van der Waals surface area contributed by atoms with E-state index in [0.717, 1.165) is 28.3 Å². The van der Waals surface area contributed by atoms with Crippen molar-refractivity contribution in [2.75, 3.05) is 25.2 Å². The zero-order valence-corrected chi connectivity index (χ0v) is 22.9. The van der Waals surface area contributed by atoms with Crippen molar-refractivity contribution in [2.24, 2.45) is 0 Å². The van der Waals surface area contributed by atoms with Crippen molar-refractivity contribution in [2.45, 2.75) is 25.9 Å². The maximum absolute atomic E-state index is 14.9. The summed E-state index contributed by atoms with van der Waals surface area (Å²) in [5, 5.41) is 4.49. The van der Waals surface area contributed by atoms with E-state index in [4.69, 9.17) is 33.3 Å². The Morgan fingerprint density at radius 3 is 2.55 bits per heavy atom. The van der Waals surface area contributed by atoms with E-state index >= 15 is 0 Å². The molecule has 2 atom stereocenters. The van der Waals surface area contributed by atoms with Crippen LogP contribution in [-0.2, 0) is 4.74 Å². The van der Waals surface area contributed by atoms with Gasteiger partial charge in [0.25, 0.3) is 0 Å². The molecule has 3 heterocycles. The molecule has 0 spiro atoms. The highest BCUT2D eigenvalue weighted by Crippen LogP contribution is 2.45. The highest BCUT2D eigenvalue weighted by molar-refractivity contribution is 7.80. The molecule has 196 valence electrons. The molecular weight excluding hydrogens is 523 g/mol. The number of nitrogens with zero attached hydrogens (tertiary/aromatic N) is 3. The first kappa shape index (κ1) is 26.2. The molecule has 2 aromatic heterocycles. The first-order valence-corrected chi connectivity index (χ1v) is 13.0. The topological polar surface area (TPSA) is 51.6 Å². The molecule has 38 heavy (non-hydrogen) atoms. The third-order valence-electron chi connectivity index (χ3n) is 6.72. The van der Waals surface area contributed by atoms with Crippen LogP contribution in [0.15, 0.2) is 72.9 Å². The van der Waals surface area contributed by atoms with Crippen LogP contribution in [0.4, 0.5) is 10.1 Å². The Hall–Kier alpha value is -3.46. The Bertz CT molecular complexity index is 1460. The number of ether oxygens (including phenoxy) is 2. The van der Waals surface area contributed by atoms with Crippen LogP contribution in [0.25, 0.3) is 5.69 Å². The number of para-hydroxylation sites is 1. The van der Waals surface area contributed by atoms with Crippen LogP contribution < -0.4 is 15.0 Å².